The van der Waals surface area contributed by atoms with Crippen LogP contribution in [0.3, 0.4) is 0 Å². The maximum Gasteiger partial charge on any atom is 0.407 e. The molecule has 486 valence electrons. The van der Waals surface area contributed by atoms with Gasteiger partial charge in [-0.05, 0) is 145 Å². The van der Waals surface area contributed by atoms with Crippen molar-refractivity contribution in [3.05, 3.63) is 118 Å². The third-order valence-corrected chi connectivity index (χ3v) is 17.5. The quantitative estimate of drug-likeness (QED) is 0.0175. The summed E-state index contributed by atoms with van der Waals surface area (Å²) in [6.07, 6.45) is 1.23. The number of aliphatic carboxylic acids is 2. The number of carbonyl (C=O) groups excluding carboxylic acids is 1. The molecular formula is C65H88N9O13P3. The third kappa shape index (κ3) is 24.4. The standard InChI is InChI=1S/C65H88N9O13P3/c1-11-70(6)55-39-47(23-25-57(55)85-34-14-17-62(75)76)19-21-50-37-52(67-59(41-50)88(8)80)44-72-28-30-73(45-53-36-49(42-60(68-53)89(9,81)82)16-13-27-66-64(79)87-65(3,4)5)32-33-74(31-29-72)46-54-38-51(43-61(69-54)90(10,83)84)22-20-48-24-26-58(56(40-48)71(7)12-2)86-35-15-18-63(77)78/h23-26,36-43,80H,11-18,27-35,44-46H2,1-10H3,(H,66,79)(H,75,76)(H,77,78)(H,81,82)(H,83,84). The lowest BCUT2D eigenvalue weighted by Crippen LogP contribution is -2.36. The van der Waals surface area contributed by atoms with Gasteiger partial charge >= 0.3 is 18.0 Å². The summed E-state index contributed by atoms with van der Waals surface area (Å²) in [6.45, 7) is 20.1. The van der Waals surface area contributed by atoms with Crippen molar-refractivity contribution in [1.29, 1.82) is 0 Å². The molecule has 0 aliphatic carbocycles. The van der Waals surface area contributed by atoms with Gasteiger partial charge in [-0.1, -0.05) is 23.7 Å². The third-order valence-electron chi connectivity index (χ3n) is 14.5. The molecule has 0 saturated carbocycles. The van der Waals surface area contributed by atoms with E-state index in [1.165, 1.54) is 13.3 Å². The van der Waals surface area contributed by atoms with E-state index >= 15 is 0 Å². The number of nitrogens with zero attached hydrogens (tertiary/aromatic N) is 8. The molecule has 2 aromatic carbocycles. The molecule has 6 rings (SSSR count). The molecule has 22 nitrogen and oxygen atoms in total. The van der Waals surface area contributed by atoms with Gasteiger partial charge in [-0.15, -0.1) is 0 Å². The number of pyridine rings is 3. The first-order valence-electron chi connectivity index (χ1n) is 30.2. The van der Waals surface area contributed by atoms with E-state index in [-0.39, 0.29) is 43.5 Å². The van der Waals surface area contributed by atoms with Crippen LogP contribution < -0.4 is 40.9 Å². The van der Waals surface area contributed by atoms with E-state index in [2.05, 4.69) is 43.7 Å². The predicted octanol–water partition coefficient (Wildman–Crippen LogP) is 7.04. The summed E-state index contributed by atoms with van der Waals surface area (Å²) >= 11 is 0. The second kappa shape index (κ2) is 33.9. The molecule has 1 fully saturated rings. The van der Waals surface area contributed by atoms with Crippen molar-refractivity contribution in [3.63, 3.8) is 0 Å². The van der Waals surface area contributed by atoms with Gasteiger partial charge in [0.2, 0.25) is 14.7 Å². The lowest BCUT2D eigenvalue weighted by Gasteiger charge is -2.26. The fraction of sp³-hybridized carbons (Fsp3) is 0.477. The van der Waals surface area contributed by atoms with Crippen molar-refractivity contribution < 1.29 is 62.6 Å². The van der Waals surface area contributed by atoms with Gasteiger partial charge in [0.25, 0.3) is 0 Å². The predicted molar refractivity (Wildman–Crippen MR) is 354 cm³/mol. The number of aryl methyl sites for hydroxylation is 1. The molecule has 3 atom stereocenters. The largest absolute Gasteiger partial charge is 0.491 e. The molecule has 0 bridgehead atoms. The number of hydrogen-bond acceptors (Lipinski definition) is 17. The van der Waals surface area contributed by atoms with E-state index < -0.39 is 46.5 Å². The Morgan fingerprint density at radius 2 is 1.04 bits per heavy atom. The van der Waals surface area contributed by atoms with Gasteiger partial charge in [0.15, 0.2) is 0 Å². The van der Waals surface area contributed by atoms with Crippen molar-refractivity contribution >= 4 is 68.6 Å². The molecule has 90 heavy (non-hydrogen) atoms. The normalized spacial score (nSPS) is 15.0. The number of carbonyl (C=O) groups is 3. The van der Waals surface area contributed by atoms with Crippen LogP contribution in [0.1, 0.15) is 112 Å². The van der Waals surface area contributed by atoms with Crippen LogP contribution in [-0.4, -0.2) is 184 Å². The highest BCUT2D eigenvalue weighted by atomic mass is 31.2. The number of rotatable bonds is 27. The van der Waals surface area contributed by atoms with Gasteiger partial charge in [-0.2, -0.15) is 0 Å². The van der Waals surface area contributed by atoms with Crippen LogP contribution in [0.4, 0.5) is 16.2 Å². The van der Waals surface area contributed by atoms with E-state index in [0.29, 0.717) is 148 Å². The summed E-state index contributed by atoms with van der Waals surface area (Å²) in [4.78, 5) is 92.8. The Bertz CT molecular complexity index is 3510. The van der Waals surface area contributed by atoms with Gasteiger partial charge < -0.3 is 54.2 Å². The number of alkyl carbamates (subject to hydrolysis) is 1. The Morgan fingerprint density at radius 1 is 0.622 bits per heavy atom. The zero-order valence-corrected chi connectivity index (χ0v) is 56.2. The number of carboxylic acids is 2. The van der Waals surface area contributed by atoms with Crippen LogP contribution in [0.5, 0.6) is 11.5 Å². The van der Waals surface area contributed by atoms with Crippen LogP contribution in [0.25, 0.3) is 0 Å². The van der Waals surface area contributed by atoms with Crippen molar-refractivity contribution in [2.75, 3.05) is 116 Å². The minimum Gasteiger partial charge on any atom is -0.491 e. The van der Waals surface area contributed by atoms with Crippen LogP contribution in [-0.2, 0) is 49.5 Å². The molecular weight excluding hydrogens is 1210 g/mol. The highest BCUT2D eigenvalue weighted by molar-refractivity contribution is 7.65. The van der Waals surface area contributed by atoms with Gasteiger partial charge in [0.1, 0.15) is 28.0 Å². The van der Waals surface area contributed by atoms with Crippen LogP contribution in [0, 0.1) is 23.7 Å². The molecule has 1 aliphatic heterocycles. The number of aromatic nitrogens is 3. The minimum absolute atomic E-state index is 0.00507. The zero-order valence-electron chi connectivity index (χ0n) is 53.5. The van der Waals surface area contributed by atoms with Crippen LogP contribution in [0.2, 0.25) is 0 Å². The topological polar surface area (TPSA) is 281 Å². The van der Waals surface area contributed by atoms with E-state index in [0.717, 1.165) is 22.5 Å². The maximum atomic E-state index is 13.4. The molecule has 0 radical (unpaired) electrons. The van der Waals surface area contributed by atoms with Crippen molar-refractivity contribution in [2.24, 2.45) is 0 Å². The first kappa shape index (κ1) is 72.1. The number of anilines is 2. The molecule has 1 aliphatic rings. The van der Waals surface area contributed by atoms with E-state index in [4.69, 9.17) is 39.4 Å². The van der Waals surface area contributed by atoms with Gasteiger partial charge in [-0.25, -0.2) is 19.7 Å². The average molecular weight is 1300 g/mol. The second-order valence-corrected chi connectivity index (χ2v) is 29.4. The first-order valence-corrected chi connectivity index (χ1v) is 36.1. The number of hydrogen-bond donors (Lipinski definition) is 6. The Hall–Kier alpha value is -6.93. The molecule has 0 spiro atoms. The maximum absolute atomic E-state index is 13.4. The summed E-state index contributed by atoms with van der Waals surface area (Å²) in [5.41, 5.74) is 6.74. The first-order chi connectivity index (χ1) is 42.5. The molecule has 1 saturated heterocycles. The highest BCUT2D eigenvalue weighted by Crippen LogP contribution is 2.35. The fourth-order valence-electron chi connectivity index (χ4n) is 9.51. The summed E-state index contributed by atoms with van der Waals surface area (Å²) < 4.78 is 44.1. The molecule has 4 heterocycles. The average Bonchev–Trinajstić information content (AvgIpc) is 1.87. The number of carboxylic acid groups (broad SMARTS) is 2. The Labute approximate surface area is 531 Å². The number of benzene rings is 2. The van der Waals surface area contributed by atoms with Crippen LogP contribution >= 0.6 is 22.9 Å². The number of amides is 1. The smallest absolute Gasteiger partial charge is 0.407 e. The molecule has 3 aromatic heterocycles. The Kier molecular flexibility index (Phi) is 27.2. The lowest BCUT2D eigenvalue weighted by molar-refractivity contribution is -0.138. The van der Waals surface area contributed by atoms with E-state index in [1.807, 2.05) is 92.3 Å². The molecule has 1 amide bonds. The monoisotopic (exact) mass is 1300 g/mol. The minimum atomic E-state index is -3.89. The summed E-state index contributed by atoms with van der Waals surface area (Å²) in [5.74, 6) is 12.5. The second-order valence-electron chi connectivity index (χ2n) is 23.5. The summed E-state index contributed by atoms with van der Waals surface area (Å²) in [6, 6.07) is 21.9. The van der Waals surface area contributed by atoms with Gasteiger partial charge in [0, 0.05) is 141 Å². The van der Waals surface area contributed by atoms with Crippen LogP contribution in [0.15, 0.2) is 72.8 Å². The summed E-state index contributed by atoms with van der Waals surface area (Å²) in [5, 5.41) is 21.0. The van der Waals surface area contributed by atoms with Crippen molar-refractivity contribution in [3.8, 4) is 35.2 Å². The lowest BCUT2D eigenvalue weighted by atomic mass is 10.1. The van der Waals surface area contributed by atoms with Gasteiger partial charge in [-0.3, -0.25) is 33.4 Å². The molecule has 6 N–H and O–H groups in total. The molecule has 3 unspecified atom stereocenters. The van der Waals surface area contributed by atoms with Gasteiger partial charge in [0.05, 0.1) is 55.3 Å². The zero-order chi connectivity index (χ0) is 65.8. The highest BCUT2D eigenvalue weighted by Gasteiger charge is 2.25. The van der Waals surface area contributed by atoms with Crippen molar-refractivity contribution in [1.82, 2.24) is 35.0 Å². The number of ether oxygens (including phenoxy) is 3. The molecule has 25 heteroatoms. The Morgan fingerprint density at radius 3 is 1.47 bits per heavy atom. The fourth-order valence-corrected chi connectivity index (χ4v) is 11.5. The summed E-state index contributed by atoms with van der Waals surface area (Å²) in [7, 11) is -5.45. The van der Waals surface area contributed by atoms with Crippen molar-refractivity contribution in [2.45, 2.75) is 98.4 Å². The van der Waals surface area contributed by atoms with E-state index in [9.17, 15) is 38.2 Å². The molecule has 5 aromatic rings. The van der Waals surface area contributed by atoms with E-state index in [1.54, 1.807) is 45.6 Å². The SMILES string of the molecule is CCN(C)c1cc(C#Cc2cc(CN3CCN(Cc4cc(C#Cc5ccc(OCCCC(=O)O)c(N(C)CC)c5)cc(P(C)(=O)O)n4)CCN(Cc4cc(CCCNC(=O)OC(C)(C)C)cc(P(C)(=O)O)n4)CC3)nc(P(C)O)c2)ccc1OCCCC(=O)O. The Balaban J connectivity index is 1.32. The number of nitrogens with one attached hydrogen (secondary N) is 1.